The molecule has 0 saturated heterocycles. The summed E-state index contributed by atoms with van der Waals surface area (Å²) in [4.78, 5) is 0. The van der Waals surface area contributed by atoms with Gasteiger partial charge in [0.1, 0.15) is 0 Å². The number of alkyl halides is 3. The number of hydrogen-bond acceptors (Lipinski definition) is 3. The topological polar surface area (TPSA) is 34.0 Å². The highest BCUT2D eigenvalue weighted by molar-refractivity contribution is 5.82. The molecule has 2 aromatic rings. The van der Waals surface area contributed by atoms with Crippen molar-refractivity contribution in [3.63, 3.8) is 0 Å². The summed E-state index contributed by atoms with van der Waals surface area (Å²) in [5.41, 5.74) is 2.22. The van der Waals surface area contributed by atoms with Crippen LogP contribution in [0, 0.1) is 12.7 Å². The Morgan fingerprint density at radius 3 is 2.04 bits per heavy atom. The highest BCUT2D eigenvalue weighted by atomic mass is 19.4. The molecule has 0 bridgehead atoms. The van der Waals surface area contributed by atoms with Gasteiger partial charge < -0.3 is 4.74 Å². The standard InChI is InChI=1S/C16H12F4N2O/c1-11-2-4-12(5-3-11)9-21-22-10-13-6-7-15(14(17)8-13)23-16(18,19)20/h2-10H,1H3. The average molecular weight is 324 g/mol. The molecule has 0 aromatic heterocycles. The molecule has 0 aliphatic rings. The van der Waals surface area contributed by atoms with E-state index in [1.807, 2.05) is 31.2 Å². The lowest BCUT2D eigenvalue weighted by Crippen LogP contribution is -2.18. The van der Waals surface area contributed by atoms with Crippen LogP contribution in [-0.2, 0) is 0 Å². The summed E-state index contributed by atoms with van der Waals surface area (Å²) >= 11 is 0. The minimum absolute atomic E-state index is 0.262. The zero-order chi connectivity index (χ0) is 16.9. The van der Waals surface area contributed by atoms with Crippen LogP contribution in [0.2, 0.25) is 0 Å². The van der Waals surface area contributed by atoms with Crippen molar-refractivity contribution in [2.24, 2.45) is 10.2 Å². The third kappa shape index (κ3) is 5.54. The van der Waals surface area contributed by atoms with Crippen LogP contribution in [0.1, 0.15) is 16.7 Å². The van der Waals surface area contributed by atoms with Crippen LogP contribution in [0.4, 0.5) is 17.6 Å². The summed E-state index contributed by atoms with van der Waals surface area (Å²) < 4.78 is 53.1. The number of benzene rings is 2. The fraction of sp³-hybridized carbons (Fsp3) is 0.125. The zero-order valence-electron chi connectivity index (χ0n) is 12.0. The first-order valence-electron chi connectivity index (χ1n) is 6.52. The van der Waals surface area contributed by atoms with Crippen LogP contribution >= 0.6 is 0 Å². The Morgan fingerprint density at radius 2 is 1.48 bits per heavy atom. The van der Waals surface area contributed by atoms with Gasteiger partial charge in [0.15, 0.2) is 11.6 Å². The Morgan fingerprint density at radius 1 is 0.913 bits per heavy atom. The van der Waals surface area contributed by atoms with Crippen LogP contribution < -0.4 is 4.74 Å². The van der Waals surface area contributed by atoms with Gasteiger partial charge in [-0.15, -0.1) is 13.2 Å². The molecule has 0 N–H and O–H groups in total. The highest BCUT2D eigenvalue weighted by Crippen LogP contribution is 2.25. The molecule has 23 heavy (non-hydrogen) atoms. The van der Waals surface area contributed by atoms with Gasteiger partial charge in [-0.1, -0.05) is 29.8 Å². The third-order valence-corrected chi connectivity index (χ3v) is 2.74. The summed E-state index contributed by atoms with van der Waals surface area (Å²) in [7, 11) is 0. The number of ether oxygens (including phenoxy) is 1. The summed E-state index contributed by atoms with van der Waals surface area (Å²) in [6.07, 6.45) is -2.20. The van der Waals surface area contributed by atoms with E-state index in [9.17, 15) is 17.6 Å². The van der Waals surface area contributed by atoms with Crippen LogP contribution in [0.5, 0.6) is 5.75 Å². The molecule has 0 saturated carbocycles. The second-order valence-electron chi connectivity index (χ2n) is 4.64. The van der Waals surface area contributed by atoms with Gasteiger partial charge in [0.25, 0.3) is 0 Å². The van der Waals surface area contributed by atoms with Gasteiger partial charge in [0.05, 0.1) is 12.4 Å². The van der Waals surface area contributed by atoms with Gasteiger partial charge in [0.2, 0.25) is 0 Å². The van der Waals surface area contributed by atoms with E-state index >= 15 is 0 Å². The van der Waals surface area contributed by atoms with Gasteiger partial charge in [-0.3, -0.25) is 0 Å². The minimum atomic E-state index is -4.94. The van der Waals surface area contributed by atoms with Crippen molar-refractivity contribution in [1.29, 1.82) is 0 Å². The molecular weight excluding hydrogens is 312 g/mol. The molecular formula is C16H12F4N2O. The van der Waals surface area contributed by atoms with E-state index in [1.165, 1.54) is 18.5 Å². The van der Waals surface area contributed by atoms with Gasteiger partial charge in [-0.25, -0.2) is 4.39 Å². The van der Waals surface area contributed by atoms with Crippen LogP contribution in [0.15, 0.2) is 52.7 Å². The molecule has 0 unspecified atom stereocenters. The van der Waals surface area contributed by atoms with E-state index in [4.69, 9.17) is 0 Å². The first kappa shape index (κ1) is 16.7. The SMILES string of the molecule is Cc1ccc(C=NN=Cc2ccc(OC(F)(F)F)c(F)c2)cc1. The largest absolute Gasteiger partial charge is 0.573 e. The Labute approximate surface area is 129 Å². The van der Waals surface area contributed by atoms with Crippen molar-refractivity contribution in [3.05, 3.63) is 65.0 Å². The number of aryl methyl sites for hydroxylation is 1. The Kier molecular flexibility index (Phi) is 5.10. The van der Waals surface area contributed by atoms with Crippen molar-refractivity contribution >= 4 is 12.4 Å². The van der Waals surface area contributed by atoms with Crippen LogP contribution in [0.25, 0.3) is 0 Å². The molecule has 0 fully saturated rings. The number of halogens is 4. The number of nitrogens with zero attached hydrogens (tertiary/aromatic N) is 2. The fourth-order valence-electron chi connectivity index (χ4n) is 1.66. The summed E-state index contributed by atoms with van der Waals surface area (Å²) in [6, 6.07) is 10.6. The Hall–Kier alpha value is -2.70. The van der Waals surface area contributed by atoms with E-state index in [0.717, 1.165) is 23.3 Å². The molecule has 2 aromatic carbocycles. The van der Waals surface area contributed by atoms with E-state index in [-0.39, 0.29) is 5.56 Å². The first-order valence-corrected chi connectivity index (χ1v) is 6.52. The summed E-state index contributed by atoms with van der Waals surface area (Å²) in [6.45, 7) is 1.96. The van der Waals surface area contributed by atoms with Gasteiger partial charge in [-0.2, -0.15) is 10.2 Å². The number of hydrogen-bond donors (Lipinski definition) is 0. The Bertz CT molecular complexity index is 722. The summed E-state index contributed by atoms with van der Waals surface area (Å²) in [5, 5.41) is 7.51. The van der Waals surface area contributed by atoms with Gasteiger partial charge >= 0.3 is 6.36 Å². The molecule has 0 spiro atoms. The maximum atomic E-state index is 13.5. The predicted octanol–water partition coefficient (Wildman–Crippen LogP) is 4.49. The van der Waals surface area contributed by atoms with E-state index in [1.54, 1.807) is 0 Å². The van der Waals surface area contributed by atoms with E-state index in [0.29, 0.717) is 0 Å². The van der Waals surface area contributed by atoms with Crippen molar-refractivity contribution in [1.82, 2.24) is 0 Å². The van der Waals surface area contributed by atoms with Crippen LogP contribution in [0.3, 0.4) is 0 Å². The molecule has 7 heteroatoms. The quantitative estimate of drug-likeness (QED) is 0.464. The lowest BCUT2D eigenvalue weighted by Gasteiger charge is -2.09. The van der Waals surface area contributed by atoms with Gasteiger partial charge in [-0.05, 0) is 36.2 Å². The molecule has 0 atom stereocenters. The number of rotatable bonds is 4. The van der Waals surface area contributed by atoms with Crippen LogP contribution in [-0.4, -0.2) is 18.8 Å². The first-order chi connectivity index (χ1) is 10.8. The molecule has 0 aliphatic carbocycles. The van der Waals surface area contributed by atoms with Crippen molar-refractivity contribution in [2.45, 2.75) is 13.3 Å². The molecule has 0 heterocycles. The fourth-order valence-corrected chi connectivity index (χ4v) is 1.66. The van der Waals surface area contributed by atoms with Crippen molar-refractivity contribution in [3.8, 4) is 5.75 Å². The Balaban J connectivity index is 2.02. The maximum absolute atomic E-state index is 13.5. The smallest absolute Gasteiger partial charge is 0.403 e. The molecule has 0 radical (unpaired) electrons. The molecule has 3 nitrogen and oxygen atoms in total. The zero-order valence-corrected chi connectivity index (χ0v) is 12.0. The lowest BCUT2D eigenvalue weighted by atomic mass is 10.2. The van der Waals surface area contributed by atoms with E-state index in [2.05, 4.69) is 14.9 Å². The molecule has 120 valence electrons. The van der Waals surface area contributed by atoms with Crippen molar-refractivity contribution < 1.29 is 22.3 Å². The van der Waals surface area contributed by atoms with Crippen molar-refractivity contribution in [2.75, 3.05) is 0 Å². The average Bonchev–Trinajstić information content (AvgIpc) is 2.47. The maximum Gasteiger partial charge on any atom is 0.573 e. The summed E-state index contributed by atoms with van der Waals surface area (Å²) in [5.74, 6) is -2.02. The second-order valence-corrected chi connectivity index (χ2v) is 4.64. The predicted molar refractivity (Wildman–Crippen MR) is 79.5 cm³/mol. The third-order valence-electron chi connectivity index (χ3n) is 2.74. The molecule has 0 aliphatic heterocycles. The monoisotopic (exact) mass is 324 g/mol. The van der Waals surface area contributed by atoms with E-state index < -0.39 is 17.9 Å². The lowest BCUT2D eigenvalue weighted by molar-refractivity contribution is -0.275. The molecule has 0 amide bonds. The van der Waals surface area contributed by atoms with Gasteiger partial charge in [0, 0.05) is 0 Å². The minimum Gasteiger partial charge on any atom is -0.403 e. The molecule has 2 rings (SSSR count). The highest BCUT2D eigenvalue weighted by Gasteiger charge is 2.32. The normalized spacial score (nSPS) is 12.2. The second kappa shape index (κ2) is 7.04.